The number of thioether (sulfide) groups is 1. The van der Waals surface area contributed by atoms with Crippen LogP contribution in [0.5, 0.6) is 5.75 Å². The van der Waals surface area contributed by atoms with E-state index in [9.17, 15) is 19.5 Å². The van der Waals surface area contributed by atoms with Gasteiger partial charge in [0.15, 0.2) is 0 Å². The maximum atomic E-state index is 12.4. The number of nitrogens with zero attached hydrogens (tertiary/aromatic N) is 1. The summed E-state index contributed by atoms with van der Waals surface area (Å²) in [6, 6.07) is 3.16. The number of carboxylic acids is 1. The van der Waals surface area contributed by atoms with E-state index < -0.39 is 28.9 Å². The Kier molecular flexibility index (Phi) is 5.76. The van der Waals surface area contributed by atoms with E-state index in [-0.39, 0.29) is 23.6 Å². The van der Waals surface area contributed by atoms with Gasteiger partial charge in [0.25, 0.3) is 0 Å². The molecule has 2 fully saturated rings. The molecule has 3 rings (SSSR count). The molecule has 0 bridgehead atoms. The Bertz CT molecular complexity index is 834. The zero-order chi connectivity index (χ0) is 20.8. The quantitative estimate of drug-likeness (QED) is 0.652. The molecule has 2 aliphatic heterocycles. The number of carboxylic acid groups (broad SMARTS) is 1. The smallest absolute Gasteiger partial charge is 0.327 e. The van der Waals surface area contributed by atoms with Gasteiger partial charge in [-0.15, -0.1) is 11.8 Å². The SMILES string of the molecule is CC(CC(=O)N[C@@H]1C(=O)N2[C@@H]1SC(C)(C)[C@@H]2C(=O)O)Oc1cc(Cl)ccc1Cl. The van der Waals surface area contributed by atoms with Gasteiger partial charge in [-0.2, -0.15) is 0 Å². The van der Waals surface area contributed by atoms with Gasteiger partial charge in [0, 0.05) is 15.8 Å². The van der Waals surface area contributed by atoms with Crippen molar-refractivity contribution in [3.05, 3.63) is 28.2 Å². The van der Waals surface area contributed by atoms with Crippen molar-refractivity contribution < 1.29 is 24.2 Å². The number of fused-ring (bicyclic) bond motifs is 1. The van der Waals surface area contributed by atoms with Crippen LogP contribution < -0.4 is 10.1 Å². The number of hydrogen-bond acceptors (Lipinski definition) is 5. The van der Waals surface area contributed by atoms with Crippen molar-refractivity contribution in [3.63, 3.8) is 0 Å². The Balaban J connectivity index is 1.58. The summed E-state index contributed by atoms with van der Waals surface area (Å²) in [5.74, 6) is -1.41. The average molecular weight is 447 g/mol. The Morgan fingerprint density at radius 1 is 1.39 bits per heavy atom. The molecule has 10 heteroatoms. The highest BCUT2D eigenvalue weighted by atomic mass is 35.5. The minimum Gasteiger partial charge on any atom is -0.489 e. The third-order valence-electron chi connectivity index (χ3n) is 4.69. The zero-order valence-electron chi connectivity index (χ0n) is 15.4. The van der Waals surface area contributed by atoms with Crippen LogP contribution in [0, 0.1) is 0 Å². The maximum absolute atomic E-state index is 12.4. The van der Waals surface area contributed by atoms with Crippen molar-refractivity contribution in [1.29, 1.82) is 0 Å². The Morgan fingerprint density at radius 3 is 2.71 bits per heavy atom. The highest BCUT2D eigenvalue weighted by Crippen LogP contribution is 2.50. The molecular formula is C18H20Cl2N2O5S. The number of ether oxygens (including phenoxy) is 1. The highest BCUT2D eigenvalue weighted by molar-refractivity contribution is 8.01. The highest BCUT2D eigenvalue weighted by Gasteiger charge is 2.64. The lowest BCUT2D eigenvalue weighted by molar-refractivity contribution is -0.161. The number of carbonyl (C=O) groups is 3. The molecule has 2 saturated heterocycles. The lowest BCUT2D eigenvalue weighted by atomic mass is 9.96. The van der Waals surface area contributed by atoms with E-state index >= 15 is 0 Å². The molecule has 0 saturated carbocycles. The van der Waals surface area contributed by atoms with Crippen LogP contribution in [-0.2, 0) is 14.4 Å². The van der Waals surface area contributed by atoms with Crippen molar-refractivity contribution in [3.8, 4) is 5.75 Å². The van der Waals surface area contributed by atoms with E-state index in [1.165, 1.54) is 16.7 Å². The van der Waals surface area contributed by atoms with Crippen LogP contribution in [-0.4, -0.2) is 56.1 Å². The summed E-state index contributed by atoms with van der Waals surface area (Å²) in [7, 11) is 0. The van der Waals surface area contributed by atoms with Crippen molar-refractivity contribution in [2.75, 3.05) is 0 Å². The normalized spacial score (nSPS) is 26.2. The van der Waals surface area contributed by atoms with Crippen LogP contribution in [0.3, 0.4) is 0 Å². The molecule has 7 nitrogen and oxygen atoms in total. The molecule has 0 aliphatic carbocycles. The predicted molar refractivity (Wildman–Crippen MR) is 107 cm³/mol. The van der Waals surface area contributed by atoms with Crippen molar-refractivity contribution in [2.24, 2.45) is 0 Å². The minimum absolute atomic E-state index is 0.00968. The molecule has 2 heterocycles. The molecule has 2 N–H and O–H groups in total. The molecule has 152 valence electrons. The van der Waals surface area contributed by atoms with Crippen molar-refractivity contribution in [2.45, 2.75) is 55.5 Å². The Labute approximate surface area is 176 Å². The van der Waals surface area contributed by atoms with E-state index in [1.54, 1.807) is 39.0 Å². The number of β-lactam (4-membered cyclic amide) rings is 1. The number of aliphatic carboxylic acids is 1. The number of hydrogen-bond donors (Lipinski definition) is 2. The van der Waals surface area contributed by atoms with E-state index in [1.807, 2.05) is 0 Å². The molecule has 0 aromatic heterocycles. The number of benzene rings is 1. The van der Waals surface area contributed by atoms with Gasteiger partial charge in [-0.25, -0.2) is 4.79 Å². The third kappa shape index (κ3) is 3.90. The first-order valence-corrected chi connectivity index (χ1v) is 10.3. The summed E-state index contributed by atoms with van der Waals surface area (Å²) in [4.78, 5) is 37.6. The number of nitrogens with one attached hydrogen (secondary N) is 1. The van der Waals surface area contributed by atoms with Gasteiger partial charge in [-0.3, -0.25) is 9.59 Å². The molecule has 1 unspecified atom stereocenters. The molecule has 28 heavy (non-hydrogen) atoms. The average Bonchev–Trinajstić information content (AvgIpc) is 2.84. The van der Waals surface area contributed by atoms with Crippen molar-refractivity contribution in [1.82, 2.24) is 10.2 Å². The Morgan fingerprint density at radius 2 is 2.07 bits per heavy atom. The largest absolute Gasteiger partial charge is 0.489 e. The molecular weight excluding hydrogens is 427 g/mol. The number of halogens is 2. The first-order valence-electron chi connectivity index (χ1n) is 8.65. The fraction of sp³-hybridized carbons (Fsp3) is 0.500. The van der Waals surface area contributed by atoms with E-state index in [4.69, 9.17) is 27.9 Å². The summed E-state index contributed by atoms with van der Waals surface area (Å²) in [5, 5.41) is 12.6. The molecule has 0 spiro atoms. The van der Waals surface area contributed by atoms with Crippen molar-refractivity contribution >= 4 is 52.7 Å². The van der Waals surface area contributed by atoms with Crippen LogP contribution in [0.2, 0.25) is 10.0 Å². The number of rotatable bonds is 6. The molecule has 4 atom stereocenters. The summed E-state index contributed by atoms with van der Waals surface area (Å²) in [6.07, 6.45) is -0.489. The van der Waals surface area contributed by atoms with E-state index in [0.29, 0.717) is 15.8 Å². The van der Waals surface area contributed by atoms with E-state index in [2.05, 4.69) is 5.32 Å². The first-order chi connectivity index (χ1) is 13.0. The molecule has 2 aliphatic rings. The fourth-order valence-electron chi connectivity index (χ4n) is 3.46. The topological polar surface area (TPSA) is 95.9 Å². The van der Waals surface area contributed by atoms with Gasteiger partial charge in [0.2, 0.25) is 11.8 Å². The second-order valence-corrected chi connectivity index (χ2v) is 9.97. The number of amides is 2. The van der Waals surface area contributed by atoms with Gasteiger partial charge >= 0.3 is 5.97 Å². The summed E-state index contributed by atoms with van der Waals surface area (Å²) in [5.41, 5.74) is 0. The van der Waals surface area contributed by atoms with Gasteiger partial charge < -0.3 is 20.1 Å². The zero-order valence-corrected chi connectivity index (χ0v) is 17.8. The maximum Gasteiger partial charge on any atom is 0.327 e. The molecule has 1 aromatic rings. The monoisotopic (exact) mass is 446 g/mol. The van der Waals surface area contributed by atoms with Crippen LogP contribution in [0.1, 0.15) is 27.2 Å². The summed E-state index contributed by atoms with van der Waals surface area (Å²) in [6.45, 7) is 5.27. The van der Waals surface area contributed by atoms with Crippen LogP contribution >= 0.6 is 35.0 Å². The van der Waals surface area contributed by atoms with Gasteiger partial charge in [0.05, 0.1) is 11.4 Å². The van der Waals surface area contributed by atoms with Crippen LogP contribution in [0.4, 0.5) is 0 Å². The molecule has 0 radical (unpaired) electrons. The van der Waals surface area contributed by atoms with Gasteiger partial charge in [0.1, 0.15) is 29.3 Å². The Hall–Kier alpha value is -1.64. The van der Waals surface area contributed by atoms with E-state index in [0.717, 1.165) is 0 Å². The van der Waals surface area contributed by atoms with Crippen LogP contribution in [0.15, 0.2) is 18.2 Å². The summed E-state index contributed by atoms with van der Waals surface area (Å²) < 4.78 is 5.04. The first kappa shape index (κ1) is 21.1. The predicted octanol–water partition coefficient (Wildman–Crippen LogP) is 2.78. The second kappa shape index (κ2) is 7.65. The molecule has 1 aromatic carbocycles. The molecule has 2 amide bonds. The van der Waals surface area contributed by atoms with Gasteiger partial charge in [-0.1, -0.05) is 23.2 Å². The lowest BCUT2D eigenvalue weighted by Crippen LogP contribution is -2.70. The number of carbonyl (C=O) groups excluding carboxylic acids is 2. The fourth-order valence-corrected chi connectivity index (χ4v) is 5.41. The lowest BCUT2D eigenvalue weighted by Gasteiger charge is -2.43. The second-order valence-electron chi connectivity index (χ2n) is 7.35. The van der Waals surface area contributed by atoms with Crippen LogP contribution in [0.25, 0.3) is 0 Å². The minimum atomic E-state index is -1.04. The summed E-state index contributed by atoms with van der Waals surface area (Å²) >= 11 is 13.4. The third-order valence-corrected chi connectivity index (χ3v) is 6.80. The van der Waals surface area contributed by atoms with Gasteiger partial charge in [-0.05, 0) is 32.9 Å². The standard InChI is InChI=1S/C18H20Cl2N2O5S/c1-8(27-11-7-9(19)4-5-10(11)20)6-12(23)21-13-15(24)22-14(17(25)26)18(2,3)28-16(13)22/h4-5,7-8,13-14,16H,6H2,1-3H3,(H,21,23)(H,25,26)/t8?,13-,14+,16-/m1/s1.